The highest BCUT2D eigenvalue weighted by Crippen LogP contribution is 2.14. The predicted molar refractivity (Wildman–Crippen MR) is 85.6 cm³/mol. The van der Waals surface area contributed by atoms with E-state index >= 15 is 0 Å². The van der Waals surface area contributed by atoms with Gasteiger partial charge in [0.2, 0.25) is 0 Å². The van der Waals surface area contributed by atoms with Crippen molar-refractivity contribution in [2.75, 3.05) is 11.9 Å². The second-order valence-electron chi connectivity index (χ2n) is 5.45. The summed E-state index contributed by atoms with van der Waals surface area (Å²) in [4.78, 5) is 8.82. The molecule has 2 aromatic rings. The van der Waals surface area contributed by atoms with E-state index in [1.165, 1.54) is 11.3 Å². The molecule has 0 saturated carbocycles. The van der Waals surface area contributed by atoms with Crippen molar-refractivity contribution in [1.82, 2.24) is 19.7 Å². The first-order chi connectivity index (χ1) is 10.0. The average Bonchev–Trinajstić information content (AvgIpc) is 2.68. The molecule has 0 aromatic carbocycles. The van der Waals surface area contributed by atoms with Gasteiger partial charge in [0.15, 0.2) is 0 Å². The summed E-state index contributed by atoms with van der Waals surface area (Å²) in [5.74, 6) is 1.76. The molecular formula is C16H25N5. The monoisotopic (exact) mass is 287 g/mol. The molecule has 0 atom stereocenters. The van der Waals surface area contributed by atoms with Crippen LogP contribution in [0, 0.1) is 20.8 Å². The standard InChI is InChI=1S/C16H25N5/c1-6-14-10-16(19-13(4)18-14)17-9-7-8-15-11(2)20-21(5)12(15)3/h10H,6-9H2,1-5H3,(H,17,18,19). The largest absolute Gasteiger partial charge is 0.370 e. The Labute approximate surface area is 126 Å². The molecule has 1 N–H and O–H groups in total. The molecule has 0 fully saturated rings. The van der Waals surface area contributed by atoms with E-state index in [0.29, 0.717) is 0 Å². The zero-order chi connectivity index (χ0) is 15.4. The molecule has 114 valence electrons. The number of hydrogen-bond acceptors (Lipinski definition) is 4. The summed E-state index contributed by atoms with van der Waals surface area (Å²) in [6, 6.07) is 2.04. The molecule has 0 spiro atoms. The highest BCUT2D eigenvalue weighted by Gasteiger charge is 2.08. The van der Waals surface area contributed by atoms with Crippen LogP contribution in [0.3, 0.4) is 0 Å². The second-order valence-corrected chi connectivity index (χ2v) is 5.45. The molecule has 0 unspecified atom stereocenters. The van der Waals surface area contributed by atoms with Crippen molar-refractivity contribution >= 4 is 5.82 Å². The van der Waals surface area contributed by atoms with E-state index in [2.05, 4.69) is 41.2 Å². The average molecular weight is 287 g/mol. The number of hydrogen-bond donors (Lipinski definition) is 1. The number of aromatic nitrogens is 4. The van der Waals surface area contributed by atoms with Crippen molar-refractivity contribution in [3.8, 4) is 0 Å². The maximum atomic E-state index is 4.46. The molecular weight excluding hydrogens is 262 g/mol. The third kappa shape index (κ3) is 3.80. The van der Waals surface area contributed by atoms with Gasteiger partial charge in [-0.05, 0) is 45.6 Å². The fraction of sp³-hybridized carbons (Fsp3) is 0.562. The van der Waals surface area contributed by atoms with Gasteiger partial charge in [0.1, 0.15) is 11.6 Å². The summed E-state index contributed by atoms with van der Waals surface area (Å²) in [5.41, 5.74) is 4.86. The van der Waals surface area contributed by atoms with Gasteiger partial charge in [0.05, 0.1) is 5.69 Å². The third-order valence-electron chi connectivity index (χ3n) is 3.82. The van der Waals surface area contributed by atoms with Gasteiger partial charge in [0.25, 0.3) is 0 Å². The van der Waals surface area contributed by atoms with Crippen LogP contribution in [0.4, 0.5) is 5.82 Å². The van der Waals surface area contributed by atoms with Crippen LogP contribution >= 0.6 is 0 Å². The number of nitrogens with one attached hydrogen (secondary N) is 1. The Morgan fingerprint density at radius 3 is 2.57 bits per heavy atom. The van der Waals surface area contributed by atoms with Crippen molar-refractivity contribution in [3.63, 3.8) is 0 Å². The first-order valence-electron chi connectivity index (χ1n) is 7.58. The second kappa shape index (κ2) is 6.70. The molecule has 0 bridgehead atoms. The van der Waals surface area contributed by atoms with Gasteiger partial charge < -0.3 is 5.32 Å². The molecule has 21 heavy (non-hydrogen) atoms. The molecule has 0 radical (unpaired) electrons. The summed E-state index contributed by atoms with van der Waals surface area (Å²) in [7, 11) is 2.00. The zero-order valence-corrected chi connectivity index (χ0v) is 13.7. The molecule has 0 saturated heterocycles. The summed E-state index contributed by atoms with van der Waals surface area (Å²) < 4.78 is 1.96. The molecule has 0 aliphatic carbocycles. The van der Waals surface area contributed by atoms with Crippen molar-refractivity contribution in [1.29, 1.82) is 0 Å². The maximum absolute atomic E-state index is 4.46. The van der Waals surface area contributed by atoms with E-state index in [9.17, 15) is 0 Å². The summed E-state index contributed by atoms with van der Waals surface area (Å²) in [5, 5.41) is 7.86. The summed E-state index contributed by atoms with van der Waals surface area (Å²) >= 11 is 0. The number of anilines is 1. The van der Waals surface area contributed by atoms with E-state index in [-0.39, 0.29) is 0 Å². The van der Waals surface area contributed by atoms with E-state index in [4.69, 9.17) is 0 Å². The lowest BCUT2D eigenvalue weighted by Gasteiger charge is -2.08. The SMILES string of the molecule is CCc1cc(NCCCc2c(C)nn(C)c2C)nc(C)n1. The van der Waals surface area contributed by atoms with Crippen LogP contribution in [0.25, 0.3) is 0 Å². The molecule has 5 nitrogen and oxygen atoms in total. The van der Waals surface area contributed by atoms with E-state index < -0.39 is 0 Å². The van der Waals surface area contributed by atoms with Crippen molar-refractivity contribution in [3.05, 3.63) is 34.5 Å². The van der Waals surface area contributed by atoms with Gasteiger partial charge in [-0.1, -0.05) is 6.92 Å². The zero-order valence-electron chi connectivity index (χ0n) is 13.7. The first-order valence-corrected chi connectivity index (χ1v) is 7.58. The first kappa shape index (κ1) is 15.5. The van der Waals surface area contributed by atoms with Crippen LogP contribution in [0.5, 0.6) is 0 Å². The van der Waals surface area contributed by atoms with Gasteiger partial charge in [-0.25, -0.2) is 9.97 Å². The van der Waals surface area contributed by atoms with Crippen LogP contribution in [0.2, 0.25) is 0 Å². The Morgan fingerprint density at radius 1 is 1.19 bits per heavy atom. The third-order valence-corrected chi connectivity index (χ3v) is 3.82. The lowest BCUT2D eigenvalue weighted by Crippen LogP contribution is -2.07. The molecule has 2 aromatic heterocycles. The number of aryl methyl sites for hydroxylation is 4. The molecule has 0 aliphatic rings. The Kier molecular flexibility index (Phi) is 4.94. The molecule has 2 heterocycles. The smallest absolute Gasteiger partial charge is 0.129 e. The molecule has 5 heteroatoms. The number of nitrogens with zero attached hydrogens (tertiary/aromatic N) is 4. The van der Waals surface area contributed by atoms with Crippen LogP contribution in [0.15, 0.2) is 6.07 Å². The van der Waals surface area contributed by atoms with Gasteiger partial charge >= 0.3 is 0 Å². The van der Waals surface area contributed by atoms with E-state index in [1.54, 1.807) is 0 Å². The van der Waals surface area contributed by atoms with Crippen molar-refractivity contribution < 1.29 is 0 Å². The molecule has 0 amide bonds. The normalized spacial score (nSPS) is 10.9. The van der Waals surface area contributed by atoms with Gasteiger partial charge in [0, 0.05) is 31.0 Å². The maximum Gasteiger partial charge on any atom is 0.129 e. The van der Waals surface area contributed by atoms with Crippen LogP contribution < -0.4 is 5.32 Å². The van der Waals surface area contributed by atoms with Gasteiger partial charge in [-0.2, -0.15) is 5.10 Å². The van der Waals surface area contributed by atoms with E-state index in [1.807, 2.05) is 24.7 Å². The minimum Gasteiger partial charge on any atom is -0.370 e. The highest BCUT2D eigenvalue weighted by molar-refractivity contribution is 5.36. The minimum atomic E-state index is 0.829. The summed E-state index contributed by atoms with van der Waals surface area (Å²) in [6.07, 6.45) is 3.05. The highest BCUT2D eigenvalue weighted by atomic mass is 15.3. The Morgan fingerprint density at radius 2 is 1.95 bits per heavy atom. The van der Waals surface area contributed by atoms with Crippen molar-refractivity contribution in [2.45, 2.75) is 47.0 Å². The topological polar surface area (TPSA) is 55.6 Å². The van der Waals surface area contributed by atoms with E-state index in [0.717, 1.165) is 48.8 Å². The fourth-order valence-corrected chi connectivity index (χ4v) is 2.56. The van der Waals surface area contributed by atoms with Crippen LogP contribution in [-0.2, 0) is 19.9 Å². The summed E-state index contributed by atoms with van der Waals surface area (Å²) in [6.45, 7) is 9.17. The minimum absolute atomic E-state index is 0.829. The Balaban J connectivity index is 1.89. The quantitative estimate of drug-likeness (QED) is 0.830. The lowest BCUT2D eigenvalue weighted by atomic mass is 10.1. The molecule has 2 rings (SSSR count). The van der Waals surface area contributed by atoms with Gasteiger partial charge in [-0.3, -0.25) is 4.68 Å². The Bertz CT molecular complexity index is 615. The fourth-order valence-electron chi connectivity index (χ4n) is 2.56. The predicted octanol–water partition coefficient (Wildman–Crippen LogP) is 2.74. The number of rotatable bonds is 6. The lowest BCUT2D eigenvalue weighted by molar-refractivity contribution is 0.729. The van der Waals surface area contributed by atoms with Gasteiger partial charge in [-0.15, -0.1) is 0 Å². The van der Waals surface area contributed by atoms with Crippen LogP contribution in [-0.4, -0.2) is 26.3 Å². The molecule has 0 aliphatic heterocycles. The van der Waals surface area contributed by atoms with Crippen molar-refractivity contribution in [2.24, 2.45) is 7.05 Å². The Hall–Kier alpha value is -1.91. The van der Waals surface area contributed by atoms with Crippen LogP contribution in [0.1, 0.15) is 41.8 Å².